The summed E-state index contributed by atoms with van der Waals surface area (Å²) in [4.78, 5) is 48.5. The van der Waals surface area contributed by atoms with Crippen LogP contribution in [0.1, 0.15) is 265 Å². The molecule has 0 radical (unpaired) electrons. The molecule has 418 valence electrons. The maximum atomic E-state index is 12.9. The first-order valence-electron chi connectivity index (χ1n) is 29.2. The Morgan fingerprint density at radius 2 is 0.708 bits per heavy atom. The van der Waals surface area contributed by atoms with E-state index in [4.69, 9.17) is 23.3 Å². The standard InChI is InChI=1S/C60H107O11P/c1-4-7-10-13-16-19-22-25-26-27-28-29-30-33-36-39-42-45-48-51-60(64)71-57(53-67-58(62)49-46-43-40-37-34-31-23-20-17-14-11-8-5-2)55-69-72(65,66)68-54-56(52-61)70-59(63)50-47-44-41-38-35-32-24-21-18-15-12-9-6-3/h11,14,16,19-21,23-26,56-57,61H,4-10,12-13,15,17-18,22,27-55H2,1-3H3,(H,65,66)/b14-11-,19-16-,23-20-,24-21-,26-25-. The van der Waals surface area contributed by atoms with Gasteiger partial charge in [-0.15, -0.1) is 0 Å². The lowest BCUT2D eigenvalue weighted by Gasteiger charge is -2.21. The van der Waals surface area contributed by atoms with Crippen LogP contribution in [0.4, 0.5) is 0 Å². The molecule has 0 bridgehead atoms. The maximum absolute atomic E-state index is 12.9. The number of rotatable bonds is 54. The Labute approximate surface area is 440 Å². The molecule has 2 N–H and O–H groups in total. The highest BCUT2D eigenvalue weighted by Gasteiger charge is 2.28. The second-order valence-electron chi connectivity index (χ2n) is 19.4. The molecule has 11 nitrogen and oxygen atoms in total. The van der Waals surface area contributed by atoms with Crippen molar-refractivity contribution >= 4 is 25.7 Å². The topological polar surface area (TPSA) is 155 Å². The van der Waals surface area contributed by atoms with Crippen molar-refractivity contribution in [2.75, 3.05) is 26.4 Å². The van der Waals surface area contributed by atoms with Crippen LogP contribution < -0.4 is 0 Å². The van der Waals surface area contributed by atoms with Gasteiger partial charge in [0.25, 0.3) is 0 Å². The Bertz CT molecular complexity index is 1440. The predicted molar refractivity (Wildman–Crippen MR) is 298 cm³/mol. The quantitative estimate of drug-likeness (QED) is 0.0197. The lowest BCUT2D eigenvalue weighted by Crippen LogP contribution is -2.30. The monoisotopic (exact) mass is 1030 g/mol. The Morgan fingerprint density at radius 3 is 1.12 bits per heavy atom. The summed E-state index contributed by atoms with van der Waals surface area (Å²) in [6, 6.07) is 0. The first kappa shape index (κ1) is 69.2. The fraction of sp³-hybridized carbons (Fsp3) is 0.783. The predicted octanol–water partition coefficient (Wildman–Crippen LogP) is 17.1. The molecule has 0 aliphatic carbocycles. The summed E-state index contributed by atoms with van der Waals surface area (Å²) in [5.41, 5.74) is 0. The molecule has 0 aliphatic heterocycles. The van der Waals surface area contributed by atoms with E-state index in [9.17, 15) is 28.9 Å². The Kier molecular flexibility index (Phi) is 52.3. The SMILES string of the molecule is CCC/C=C\C/C=C\CCCCCCCC(=O)OCC(COP(=O)(O)OCC(CO)OC(=O)CCCCCCC/C=C\CCCCCC)OC(=O)CCCCCCCCCCC/C=C\C/C=C\CCCCC. The third-order valence-corrected chi connectivity index (χ3v) is 13.3. The first-order valence-corrected chi connectivity index (χ1v) is 30.7. The number of phosphoric acid groups is 1. The minimum absolute atomic E-state index is 0.159. The van der Waals surface area contributed by atoms with Crippen LogP contribution in [-0.2, 0) is 42.2 Å². The van der Waals surface area contributed by atoms with Crippen LogP contribution in [0.5, 0.6) is 0 Å². The summed E-state index contributed by atoms with van der Waals surface area (Å²) in [5, 5.41) is 9.80. The van der Waals surface area contributed by atoms with Crippen LogP contribution in [-0.4, -0.2) is 66.5 Å². The molecule has 72 heavy (non-hydrogen) atoms. The van der Waals surface area contributed by atoms with E-state index in [0.717, 1.165) is 116 Å². The molecule has 0 aromatic carbocycles. The largest absolute Gasteiger partial charge is 0.472 e. The van der Waals surface area contributed by atoms with E-state index >= 15 is 0 Å². The van der Waals surface area contributed by atoms with Crippen molar-refractivity contribution in [3.8, 4) is 0 Å². The Hall–Kier alpha value is -2.82. The number of ether oxygens (including phenoxy) is 3. The van der Waals surface area contributed by atoms with Gasteiger partial charge in [0, 0.05) is 19.3 Å². The number of unbranched alkanes of at least 4 members (excludes halogenated alkanes) is 27. The van der Waals surface area contributed by atoms with E-state index in [1.165, 1.54) is 89.9 Å². The smallest absolute Gasteiger partial charge is 0.462 e. The zero-order valence-electron chi connectivity index (χ0n) is 46.1. The van der Waals surface area contributed by atoms with Crippen molar-refractivity contribution in [3.63, 3.8) is 0 Å². The fourth-order valence-electron chi connectivity index (χ4n) is 7.89. The average Bonchev–Trinajstić information content (AvgIpc) is 3.37. The van der Waals surface area contributed by atoms with Crippen molar-refractivity contribution in [1.82, 2.24) is 0 Å². The number of phosphoric ester groups is 1. The molecule has 12 heteroatoms. The van der Waals surface area contributed by atoms with E-state index in [-0.39, 0.29) is 25.9 Å². The zero-order chi connectivity index (χ0) is 52.7. The lowest BCUT2D eigenvalue weighted by atomic mass is 10.1. The highest BCUT2D eigenvalue weighted by Crippen LogP contribution is 2.43. The number of esters is 3. The molecule has 0 fully saturated rings. The van der Waals surface area contributed by atoms with Gasteiger partial charge in [0.05, 0.1) is 19.8 Å². The van der Waals surface area contributed by atoms with Crippen molar-refractivity contribution in [1.29, 1.82) is 0 Å². The third kappa shape index (κ3) is 52.1. The van der Waals surface area contributed by atoms with E-state index in [1.807, 2.05) is 0 Å². The number of aliphatic hydroxyl groups excluding tert-OH is 1. The fourth-order valence-corrected chi connectivity index (χ4v) is 8.67. The van der Waals surface area contributed by atoms with Gasteiger partial charge in [-0.3, -0.25) is 23.4 Å². The second-order valence-corrected chi connectivity index (χ2v) is 20.9. The Balaban J connectivity index is 4.72. The van der Waals surface area contributed by atoms with Crippen molar-refractivity contribution in [3.05, 3.63) is 60.8 Å². The molecule has 0 heterocycles. The van der Waals surface area contributed by atoms with Gasteiger partial charge in [0.2, 0.25) is 0 Å². The summed E-state index contributed by atoms with van der Waals surface area (Å²) >= 11 is 0. The van der Waals surface area contributed by atoms with Crippen molar-refractivity contribution in [2.45, 2.75) is 277 Å². The van der Waals surface area contributed by atoms with E-state index in [0.29, 0.717) is 19.3 Å². The molecule has 0 amide bonds. The minimum atomic E-state index is -4.75. The maximum Gasteiger partial charge on any atom is 0.472 e. The Morgan fingerprint density at radius 1 is 0.389 bits per heavy atom. The number of carbonyl (C=O) groups is 3. The molecule has 0 rings (SSSR count). The second kappa shape index (κ2) is 54.4. The normalized spacial score (nSPS) is 13.8. The number of hydrogen-bond donors (Lipinski definition) is 2. The van der Waals surface area contributed by atoms with Gasteiger partial charge in [0.1, 0.15) is 12.7 Å². The summed E-state index contributed by atoms with van der Waals surface area (Å²) in [6.45, 7) is 4.53. The summed E-state index contributed by atoms with van der Waals surface area (Å²) in [5.74, 6) is -1.49. The van der Waals surface area contributed by atoms with E-state index < -0.39 is 57.8 Å². The van der Waals surface area contributed by atoms with Crippen LogP contribution in [0.25, 0.3) is 0 Å². The average molecular weight is 1040 g/mol. The van der Waals surface area contributed by atoms with E-state index in [2.05, 4.69) is 81.5 Å². The molecule has 0 aliphatic rings. The van der Waals surface area contributed by atoms with Gasteiger partial charge >= 0.3 is 25.7 Å². The number of allylic oxidation sites excluding steroid dienone is 10. The van der Waals surface area contributed by atoms with Gasteiger partial charge in [-0.25, -0.2) is 4.57 Å². The third-order valence-electron chi connectivity index (χ3n) is 12.4. The lowest BCUT2D eigenvalue weighted by molar-refractivity contribution is -0.161. The van der Waals surface area contributed by atoms with Gasteiger partial charge in [-0.05, 0) is 103 Å². The van der Waals surface area contributed by atoms with Crippen LogP contribution in [0.15, 0.2) is 60.8 Å². The van der Waals surface area contributed by atoms with Gasteiger partial charge in [-0.1, -0.05) is 204 Å². The van der Waals surface area contributed by atoms with Crippen LogP contribution in [0, 0.1) is 0 Å². The van der Waals surface area contributed by atoms with Crippen molar-refractivity contribution < 1.29 is 52.2 Å². The summed E-state index contributed by atoms with van der Waals surface area (Å²) in [6.07, 6.45) is 58.9. The molecule has 0 spiro atoms. The molecule has 0 aromatic heterocycles. The number of carbonyl (C=O) groups excluding carboxylic acids is 3. The van der Waals surface area contributed by atoms with Crippen LogP contribution in [0.2, 0.25) is 0 Å². The van der Waals surface area contributed by atoms with Crippen molar-refractivity contribution in [2.24, 2.45) is 0 Å². The first-order chi connectivity index (χ1) is 35.2. The molecular formula is C60H107O11P. The number of aliphatic hydroxyl groups is 1. The molecule has 3 atom stereocenters. The minimum Gasteiger partial charge on any atom is -0.462 e. The van der Waals surface area contributed by atoms with Gasteiger partial charge in [-0.2, -0.15) is 0 Å². The molecule has 3 unspecified atom stereocenters. The van der Waals surface area contributed by atoms with E-state index in [1.54, 1.807) is 0 Å². The van der Waals surface area contributed by atoms with Gasteiger partial charge < -0.3 is 24.2 Å². The summed E-state index contributed by atoms with van der Waals surface area (Å²) < 4.78 is 39.5. The van der Waals surface area contributed by atoms with Gasteiger partial charge in [0.15, 0.2) is 6.10 Å². The highest BCUT2D eigenvalue weighted by molar-refractivity contribution is 7.47. The highest BCUT2D eigenvalue weighted by atomic mass is 31.2. The molecular weight excluding hydrogens is 928 g/mol. The molecule has 0 saturated carbocycles. The summed E-state index contributed by atoms with van der Waals surface area (Å²) in [7, 11) is -4.75. The molecule has 0 aromatic rings. The molecule has 0 saturated heterocycles. The number of hydrogen-bond acceptors (Lipinski definition) is 10. The zero-order valence-corrected chi connectivity index (χ0v) is 47.0. The van der Waals surface area contributed by atoms with Crippen LogP contribution >= 0.6 is 7.82 Å². The van der Waals surface area contributed by atoms with Crippen LogP contribution in [0.3, 0.4) is 0 Å².